The van der Waals surface area contributed by atoms with Gasteiger partial charge in [0, 0.05) is 6.54 Å². The van der Waals surface area contributed by atoms with Crippen molar-refractivity contribution in [3.63, 3.8) is 0 Å². The summed E-state index contributed by atoms with van der Waals surface area (Å²) < 4.78 is 32.2. The highest BCUT2D eigenvalue weighted by Crippen LogP contribution is 2.22. The minimum Gasteiger partial charge on any atom is -0.497 e. The van der Waals surface area contributed by atoms with Crippen LogP contribution in [0.3, 0.4) is 0 Å². The van der Waals surface area contributed by atoms with Gasteiger partial charge in [-0.15, -0.1) is 0 Å². The van der Waals surface area contributed by atoms with E-state index in [1.54, 1.807) is 32.2 Å². The van der Waals surface area contributed by atoms with Crippen molar-refractivity contribution in [1.82, 2.24) is 4.72 Å². The number of hydrogen-bond acceptors (Lipinski definition) is 3. The van der Waals surface area contributed by atoms with Crippen molar-refractivity contribution in [3.8, 4) is 5.75 Å². The van der Waals surface area contributed by atoms with Gasteiger partial charge in [0.25, 0.3) is 0 Å². The molecule has 0 saturated heterocycles. The summed E-state index contributed by atoms with van der Waals surface area (Å²) in [6.45, 7) is 8.68. The molecule has 0 heterocycles. The van der Waals surface area contributed by atoms with Crippen LogP contribution in [0.15, 0.2) is 23.1 Å². The molecular weight excluding hydrogens is 274 g/mol. The van der Waals surface area contributed by atoms with Gasteiger partial charge in [0.15, 0.2) is 0 Å². The lowest BCUT2D eigenvalue weighted by Gasteiger charge is -2.18. The summed E-state index contributed by atoms with van der Waals surface area (Å²) >= 11 is 0. The van der Waals surface area contributed by atoms with E-state index in [0.29, 0.717) is 22.8 Å². The first-order valence-corrected chi connectivity index (χ1v) is 8.28. The van der Waals surface area contributed by atoms with Crippen LogP contribution < -0.4 is 9.46 Å². The van der Waals surface area contributed by atoms with Crippen LogP contribution in [-0.4, -0.2) is 22.1 Å². The molecule has 1 aromatic carbocycles. The Hall–Kier alpha value is -1.07. The zero-order valence-corrected chi connectivity index (χ0v) is 13.8. The lowest BCUT2D eigenvalue weighted by Crippen LogP contribution is -2.26. The van der Waals surface area contributed by atoms with E-state index in [9.17, 15) is 8.42 Å². The second-order valence-electron chi connectivity index (χ2n) is 6.19. The molecule has 0 aliphatic carbocycles. The molecule has 0 radical (unpaired) electrons. The van der Waals surface area contributed by atoms with Crippen LogP contribution in [-0.2, 0) is 10.0 Å². The number of rotatable bonds is 6. The van der Waals surface area contributed by atoms with Gasteiger partial charge in [0.2, 0.25) is 10.0 Å². The Morgan fingerprint density at radius 2 is 1.90 bits per heavy atom. The highest BCUT2D eigenvalue weighted by atomic mass is 32.2. The maximum absolute atomic E-state index is 12.2. The second kappa shape index (κ2) is 6.59. The lowest BCUT2D eigenvalue weighted by atomic mass is 9.91. The third-order valence-corrected chi connectivity index (χ3v) is 4.69. The molecule has 0 fully saturated rings. The number of sulfonamides is 1. The van der Waals surface area contributed by atoms with Crippen LogP contribution >= 0.6 is 0 Å². The Balaban J connectivity index is 2.70. The van der Waals surface area contributed by atoms with E-state index in [1.165, 1.54) is 0 Å². The molecule has 4 nitrogen and oxygen atoms in total. The van der Waals surface area contributed by atoms with E-state index in [1.807, 2.05) is 0 Å². The standard InChI is InChI=1S/C15H25NO3S/c1-12-11-13(19-5)7-8-14(12)20(17,18)16-10-6-9-15(2,3)4/h7-8,11,16H,6,9-10H2,1-5H3. The van der Waals surface area contributed by atoms with Crippen molar-refractivity contribution in [2.45, 2.75) is 45.4 Å². The van der Waals surface area contributed by atoms with Crippen LogP contribution in [0.5, 0.6) is 5.75 Å². The Morgan fingerprint density at radius 1 is 1.25 bits per heavy atom. The van der Waals surface area contributed by atoms with Gasteiger partial charge in [0.05, 0.1) is 12.0 Å². The van der Waals surface area contributed by atoms with Gasteiger partial charge < -0.3 is 4.74 Å². The predicted octanol–water partition coefficient (Wildman–Crippen LogP) is 3.11. The van der Waals surface area contributed by atoms with E-state index in [-0.39, 0.29) is 5.41 Å². The van der Waals surface area contributed by atoms with Crippen LogP contribution in [0.1, 0.15) is 39.2 Å². The molecule has 1 rings (SSSR count). The molecule has 0 aliphatic rings. The number of benzene rings is 1. The molecule has 0 aliphatic heterocycles. The largest absolute Gasteiger partial charge is 0.497 e. The molecule has 0 bridgehead atoms. The second-order valence-corrected chi connectivity index (χ2v) is 7.93. The normalized spacial score (nSPS) is 12.4. The Morgan fingerprint density at radius 3 is 2.40 bits per heavy atom. The minimum atomic E-state index is -3.44. The van der Waals surface area contributed by atoms with Crippen LogP contribution in [0.4, 0.5) is 0 Å². The molecule has 5 heteroatoms. The van der Waals surface area contributed by atoms with Crippen molar-refractivity contribution >= 4 is 10.0 Å². The lowest BCUT2D eigenvalue weighted by molar-refractivity contribution is 0.365. The van der Waals surface area contributed by atoms with Gasteiger partial charge in [-0.1, -0.05) is 20.8 Å². The first-order valence-electron chi connectivity index (χ1n) is 6.80. The molecule has 1 aromatic rings. The average Bonchev–Trinajstić information content (AvgIpc) is 2.33. The Bertz CT molecular complexity index is 545. The molecular formula is C15H25NO3S. The van der Waals surface area contributed by atoms with E-state index in [2.05, 4.69) is 25.5 Å². The first kappa shape index (κ1) is 17.0. The Kier molecular flexibility index (Phi) is 5.59. The number of aryl methyl sites for hydroxylation is 1. The number of hydrogen-bond donors (Lipinski definition) is 1. The number of methoxy groups -OCH3 is 1. The number of ether oxygens (including phenoxy) is 1. The van der Waals surface area contributed by atoms with Gasteiger partial charge in [-0.05, 0) is 48.9 Å². The molecule has 114 valence electrons. The van der Waals surface area contributed by atoms with Crippen LogP contribution in [0.25, 0.3) is 0 Å². The zero-order chi connectivity index (χ0) is 15.4. The highest BCUT2D eigenvalue weighted by Gasteiger charge is 2.17. The van der Waals surface area contributed by atoms with Crippen LogP contribution in [0, 0.1) is 12.3 Å². The molecule has 0 aromatic heterocycles. The van der Waals surface area contributed by atoms with Gasteiger partial charge in [-0.3, -0.25) is 0 Å². The third kappa shape index (κ3) is 5.13. The summed E-state index contributed by atoms with van der Waals surface area (Å²) in [5, 5.41) is 0. The summed E-state index contributed by atoms with van der Waals surface area (Å²) in [5.41, 5.74) is 0.911. The van der Waals surface area contributed by atoms with Crippen molar-refractivity contribution in [1.29, 1.82) is 0 Å². The van der Waals surface area contributed by atoms with Crippen molar-refractivity contribution < 1.29 is 13.2 Å². The summed E-state index contributed by atoms with van der Waals surface area (Å²) in [5.74, 6) is 0.661. The fourth-order valence-electron chi connectivity index (χ4n) is 1.95. The topological polar surface area (TPSA) is 55.4 Å². The molecule has 0 amide bonds. The fraction of sp³-hybridized carbons (Fsp3) is 0.600. The fourth-order valence-corrected chi connectivity index (χ4v) is 3.25. The first-order chi connectivity index (χ1) is 9.15. The van der Waals surface area contributed by atoms with Crippen molar-refractivity contribution in [2.75, 3.05) is 13.7 Å². The van der Waals surface area contributed by atoms with Crippen molar-refractivity contribution in [2.24, 2.45) is 5.41 Å². The van der Waals surface area contributed by atoms with Crippen molar-refractivity contribution in [3.05, 3.63) is 23.8 Å². The maximum Gasteiger partial charge on any atom is 0.240 e. The molecule has 1 N–H and O–H groups in total. The van der Waals surface area contributed by atoms with E-state index in [0.717, 1.165) is 12.8 Å². The van der Waals surface area contributed by atoms with E-state index < -0.39 is 10.0 Å². The van der Waals surface area contributed by atoms with E-state index in [4.69, 9.17) is 4.74 Å². The van der Waals surface area contributed by atoms with Gasteiger partial charge in [-0.2, -0.15) is 0 Å². The maximum atomic E-state index is 12.2. The molecule has 20 heavy (non-hydrogen) atoms. The summed E-state index contributed by atoms with van der Waals surface area (Å²) in [6, 6.07) is 4.97. The van der Waals surface area contributed by atoms with E-state index >= 15 is 0 Å². The van der Waals surface area contributed by atoms with Crippen LogP contribution in [0.2, 0.25) is 0 Å². The predicted molar refractivity (Wildman–Crippen MR) is 81.6 cm³/mol. The quantitative estimate of drug-likeness (QED) is 0.821. The number of nitrogens with one attached hydrogen (secondary N) is 1. The van der Waals surface area contributed by atoms with Gasteiger partial charge in [0.1, 0.15) is 5.75 Å². The van der Waals surface area contributed by atoms with Gasteiger partial charge in [-0.25, -0.2) is 13.1 Å². The SMILES string of the molecule is COc1ccc(S(=O)(=O)NCCCC(C)(C)C)c(C)c1. The average molecular weight is 299 g/mol. The third-order valence-electron chi connectivity index (χ3n) is 3.07. The Labute approximate surface area is 122 Å². The molecule has 0 saturated carbocycles. The molecule has 0 spiro atoms. The monoisotopic (exact) mass is 299 g/mol. The summed E-state index contributed by atoms with van der Waals surface area (Å²) in [6.07, 6.45) is 1.81. The summed E-state index contributed by atoms with van der Waals surface area (Å²) in [4.78, 5) is 0.314. The molecule has 0 atom stereocenters. The smallest absolute Gasteiger partial charge is 0.240 e. The van der Waals surface area contributed by atoms with Gasteiger partial charge >= 0.3 is 0 Å². The molecule has 0 unspecified atom stereocenters. The zero-order valence-electron chi connectivity index (χ0n) is 13.0. The minimum absolute atomic E-state index is 0.224. The highest BCUT2D eigenvalue weighted by molar-refractivity contribution is 7.89. The summed E-state index contributed by atoms with van der Waals surface area (Å²) in [7, 11) is -1.88.